The van der Waals surface area contributed by atoms with Crippen molar-refractivity contribution in [2.24, 2.45) is 10.9 Å². The number of piperidine rings is 1. The SMILES string of the molecule is CCc1nncn1CCNC(=NC)NCC1CCCN(C)C1. The number of nitrogens with zero attached hydrogens (tertiary/aromatic N) is 5. The molecule has 2 N–H and O–H groups in total. The molecule has 1 atom stereocenters. The molecule has 0 spiro atoms. The number of aliphatic imine (C=N–C) groups is 1. The minimum absolute atomic E-state index is 0.710. The number of aryl methyl sites for hydroxylation is 1. The monoisotopic (exact) mass is 307 g/mol. The Hall–Kier alpha value is -1.63. The minimum atomic E-state index is 0.710. The Morgan fingerprint density at radius 3 is 3.05 bits per heavy atom. The Morgan fingerprint density at radius 1 is 1.45 bits per heavy atom. The highest BCUT2D eigenvalue weighted by molar-refractivity contribution is 5.79. The molecule has 1 saturated heterocycles. The lowest BCUT2D eigenvalue weighted by molar-refractivity contribution is 0.210. The van der Waals surface area contributed by atoms with Gasteiger partial charge in [-0.15, -0.1) is 10.2 Å². The van der Waals surface area contributed by atoms with Gasteiger partial charge < -0.3 is 20.1 Å². The molecule has 1 aliphatic rings. The van der Waals surface area contributed by atoms with Gasteiger partial charge in [0.25, 0.3) is 0 Å². The van der Waals surface area contributed by atoms with Gasteiger partial charge in [-0.05, 0) is 32.4 Å². The molecule has 0 aliphatic carbocycles. The quantitative estimate of drug-likeness (QED) is 0.586. The molecule has 1 aliphatic heterocycles. The van der Waals surface area contributed by atoms with E-state index in [0.717, 1.165) is 37.8 Å². The van der Waals surface area contributed by atoms with Gasteiger partial charge >= 0.3 is 0 Å². The molecule has 1 unspecified atom stereocenters. The van der Waals surface area contributed by atoms with Crippen molar-refractivity contribution in [3.63, 3.8) is 0 Å². The van der Waals surface area contributed by atoms with Crippen LogP contribution in [0.25, 0.3) is 0 Å². The van der Waals surface area contributed by atoms with E-state index >= 15 is 0 Å². The molecule has 0 bridgehead atoms. The summed E-state index contributed by atoms with van der Waals surface area (Å²) < 4.78 is 2.08. The van der Waals surface area contributed by atoms with Crippen molar-refractivity contribution in [3.8, 4) is 0 Å². The maximum atomic E-state index is 4.29. The van der Waals surface area contributed by atoms with E-state index in [1.807, 2.05) is 7.05 Å². The van der Waals surface area contributed by atoms with Crippen LogP contribution in [-0.4, -0.2) is 65.9 Å². The summed E-state index contributed by atoms with van der Waals surface area (Å²) in [5.74, 6) is 2.61. The molecule has 0 radical (unpaired) electrons. The van der Waals surface area contributed by atoms with Crippen LogP contribution in [-0.2, 0) is 13.0 Å². The third-order valence-electron chi connectivity index (χ3n) is 4.16. The van der Waals surface area contributed by atoms with E-state index in [9.17, 15) is 0 Å². The van der Waals surface area contributed by atoms with E-state index in [0.29, 0.717) is 5.92 Å². The van der Waals surface area contributed by atoms with Gasteiger partial charge in [-0.25, -0.2) is 0 Å². The minimum Gasteiger partial charge on any atom is -0.356 e. The van der Waals surface area contributed by atoms with Crippen LogP contribution in [0.15, 0.2) is 11.3 Å². The zero-order valence-electron chi connectivity index (χ0n) is 14.0. The summed E-state index contributed by atoms with van der Waals surface area (Å²) in [5.41, 5.74) is 0. The van der Waals surface area contributed by atoms with Crippen LogP contribution in [0.3, 0.4) is 0 Å². The lowest BCUT2D eigenvalue weighted by Crippen LogP contribution is -2.44. The lowest BCUT2D eigenvalue weighted by Gasteiger charge is -2.30. The normalized spacial score (nSPS) is 20.1. The smallest absolute Gasteiger partial charge is 0.191 e. The molecule has 0 aromatic carbocycles. The van der Waals surface area contributed by atoms with Crippen molar-refractivity contribution in [1.82, 2.24) is 30.3 Å². The Balaban J connectivity index is 1.69. The Morgan fingerprint density at radius 2 is 2.32 bits per heavy atom. The van der Waals surface area contributed by atoms with Crippen molar-refractivity contribution in [1.29, 1.82) is 0 Å². The van der Waals surface area contributed by atoms with Crippen molar-refractivity contribution in [2.75, 3.05) is 40.3 Å². The number of aromatic nitrogens is 3. The number of nitrogens with one attached hydrogen (secondary N) is 2. The second-order valence-corrected chi connectivity index (χ2v) is 5.94. The Kier molecular flexibility index (Phi) is 6.64. The highest BCUT2D eigenvalue weighted by Gasteiger charge is 2.17. The molecule has 7 heteroatoms. The zero-order valence-corrected chi connectivity index (χ0v) is 14.0. The van der Waals surface area contributed by atoms with E-state index in [1.54, 1.807) is 6.33 Å². The molecule has 124 valence electrons. The maximum absolute atomic E-state index is 4.29. The standard InChI is InChI=1S/C15H29N7/c1-4-14-20-19-12-22(14)9-7-17-15(16-2)18-10-13-6-5-8-21(3)11-13/h12-13H,4-11H2,1-3H3,(H2,16,17,18). The first-order valence-corrected chi connectivity index (χ1v) is 8.22. The summed E-state index contributed by atoms with van der Waals surface area (Å²) in [6.45, 7) is 7.14. The fourth-order valence-corrected chi connectivity index (χ4v) is 2.94. The Bertz CT molecular complexity index is 468. The van der Waals surface area contributed by atoms with E-state index in [1.165, 1.54) is 25.9 Å². The van der Waals surface area contributed by atoms with Crippen molar-refractivity contribution in [3.05, 3.63) is 12.2 Å². The van der Waals surface area contributed by atoms with Gasteiger partial charge in [0.05, 0.1) is 0 Å². The fraction of sp³-hybridized carbons (Fsp3) is 0.800. The molecule has 1 aromatic heterocycles. The average molecular weight is 307 g/mol. The molecule has 0 amide bonds. The first-order chi connectivity index (χ1) is 10.7. The number of rotatable bonds is 6. The maximum Gasteiger partial charge on any atom is 0.191 e. The van der Waals surface area contributed by atoms with Crippen LogP contribution in [0.2, 0.25) is 0 Å². The molecule has 0 saturated carbocycles. The highest BCUT2D eigenvalue weighted by atomic mass is 15.3. The molecular weight excluding hydrogens is 278 g/mol. The van der Waals surface area contributed by atoms with Gasteiger partial charge in [0.2, 0.25) is 0 Å². The molecule has 2 heterocycles. The van der Waals surface area contributed by atoms with E-state index < -0.39 is 0 Å². The van der Waals surface area contributed by atoms with Crippen LogP contribution >= 0.6 is 0 Å². The summed E-state index contributed by atoms with van der Waals surface area (Å²) in [6.07, 6.45) is 5.29. The largest absolute Gasteiger partial charge is 0.356 e. The predicted molar refractivity (Wildman–Crippen MR) is 89.0 cm³/mol. The number of guanidine groups is 1. The predicted octanol–water partition coefficient (Wildman–Crippen LogP) is 0.347. The van der Waals surface area contributed by atoms with Crippen LogP contribution in [0, 0.1) is 5.92 Å². The number of hydrogen-bond donors (Lipinski definition) is 2. The van der Waals surface area contributed by atoms with Gasteiger partial charge in [0, 0.05) is 39.6 Å². The first-order valence-electron chi connectivity index (χ1n) is 8.22. The summed E-state index contributed by atoms with van der Waals surface area (Å²) in [7, 11) is 4.02. The average Bonchev–Trinajstić information content (AvgIpc) is 2.98. The van der Waals surface area contributed by atoms with Crippen LogP contribution in [0.5, 0.6) is 0 Å². The van der Waals surface area contributed by atoms with Crippen molar-refractivity contribution in [2.45, 2.75) is 32.7 Å². The summed E-state index contributed by atoms with van der Waals surface area (Å²) in [5, 5.41) is 14.8. The third kappa shape index (κ3) is 4.98. The van der Waals surface area contributed by atoms with Gasteiger partial charge in [-0.1, -0.05) is 6.92 Å². The second-order valence-electron chi connectivity index (χ2n) is 5.94. The number of hydrogen-bond acceptors (Lipinski definition) is 4. The van der Waals surface area contributed by atoms with Crippen molar-refractivity contribution < 1.29 is 0 Å². The fourth-order valence-electron chi connectivity index (χ4n) is 2.94. The van der Waals surface area contributed by atoms with Crippen LogP contribution in [0.1, 0.15) is 25.6 Å². The van der Waals surface area contributed by atoms with E-state index in [-0.39, 0.29) is 0 Å². The Labute approximate surface area is 133 Å². The van der Waals surface area contributed by atoms with Crippen LogP contribution < -0.4 is 10.6 Å². The van der Waals surface area contributed by atoms with Gasteiger partial charge in [0.1, 0.15) is 12.2 Å². The second kappa shape index (κ2) is 8.73. The zero-order chi connectivity index (χ0) is 15.8. The van der Waals surface area contributed by atoms with Gasteiger partial charge in [0.15, 0.2) is 5.96 Å². The number of likely N-dealkylation sites (tertiary alicyclic amines) is 1. The van der Waals surface area contributed by atoms with Crippen LogP contribution in [0.4, 0.5) is 0 Å². The van der Waals surface area contributed by atoms with Gasteiger partial charge in [-0.2, -0.15) is 0 Å². The van der Waals surface area contributed by atoms with E-state index in [2.05, 4.69) is 49.3 Å². The van der Waals surface area contributed by atoms with E-state index in [4.69, 9.17) is 0 Å². The third-order valence-corrected chi connectivity index (χ3v) is 4.16. The molecular formula is C15H29N7. The highest BCUT2D eigenvalue weighted by Crippen LogP contribution is 2.13. The van der Waals surface area contributed by atoms with Gasteiger partial charge in [-0.3, -0.25) is 4.99 Å². The first kappa shape index (κ1) is 16.7. The summed E-state index contributed by atoms with van der Waals surface area (Å²) in [4.78, 5) is 6.70. The summed E-state index contributed by atoms with van der Waals surface area (Å²) >= 11 is 0. The molecule has 1 fully saturated rings. The lowest BCUT2D eigenvalue weighted by atomic mass is 9.99. The molecule has 2 rings (SSSR count). The summed E-state index contributed by atoms with van der Waals surface area (Å²) in [6, 6.07) is 0. The molecule has 1 aromatic rings. The van der Waals surface area contributed by atoms with Crippen molar-refractivity contribution >= 4 is 5.96 Å². The molecule has 22 heavy (non-hydrogen) atoms. The topological polar surface area (TPSA) is 70.4 Å². The molecule has 7 nitrogen and oxygen atoms in total.